The van der Waals surface area contributed by atoms with Crippen molar-refractivity contribution in [1.29, 1.82) is 0 Å². The Morgan fingerprint density at radius 1 is 1.26 bits per heavy atom. The molecule has 19 heavy (non-hydrogen) atoms. The lowest BCUT2D eigenvalue weighted by molar-refractivity contribution is -0.142. The van der Waals surface area contributed by atoms with E-state index in [9.17, 15) is 9.90 Å². The second-order valence-corrected chi connectivity index (χ2v) is 4.92. The molecule has 1 rings (SSSR count). The van der Waals surface area contributed by atoms with Crippen LogP contribution in [0.3, 0.4) is 0 Å². The molecule has 0 fully saturated rings. The van der Waals surface area contributed by atoms with Crippen LogP contribution in [0.5, 0.6) is 11.5 Å². The Morgan fingerprint density at radius 2 is 1.84 bits per heavy atom. The van der Waals surface area contributed by atoms with Gasteiger partial charge in [0.1, 0.15) is 17.0 Å². The topological polar surface area (TPSA) is 59.0 Å². The van der Waals surface area contributed by atoms with E-state index in [1.165, 1.54) is 0 Å². The van der Waals surface area contributed by atoms with E-state index in [1.807, 2.05) is 13.0 Å². The molecule has 0 aliphatic rings. The van der Waals surface area contributed by atoms with E-state index in [1.54, 1.807) is 46.1 Å². The van der Waals surface area contributed by atoms with E-state index >= 15 is 0 Å². The number of carboxylic acid groups (broad SMARTS) is 1. The minimum absolute atomic E-state index is 0.591. The third kappa shape index (κ3) is 2.75. The first-order valence-electron chi connectivity index (χ1n) is 5.95. The average Bonchev–Trinajstić information content (AvgIpc) is 2.36. The van der Waals surface area contributed by atoms with Gasteiger partial charge in [-0.05, 0) is 32.4 Å². The van der Waals surface area contributed by atoms with Crippen molar-refractivity contribution in [2.24, 2.45) is 0 Å². The van der Waals surface area contributed by atoms with E-state index in [4.69, 9.17) is 9.47 Å². The Balaban J connectivity index is 3.38. The zero-order valence-corrected chi connectivity index (χ0v) is 12.3. The van der Waals surface area contributed by atoms with Crippen LogP contribution in [0.25, 0.3) is 0 Å². The number of aryl methyl sites for hydroxylation is 1. The number of carbonyl (C=O) groups is 1. The van der Waals surface area contributed by atoms with Crippen LogP contribution >= 0.6 is 0 Å². The summed E-state index contributed by atoms with van der Waals surface area (Å²) < 4.78 is 10.5. The number of benzene rings is 1. The Bertz CT molecular complexity index is 483. The van der Waals surface area contributed by atoms with E-state index in [2.05, 4.69) is 0 Å². The van der Waals surface area contributed by atoms with Crippen molar-refractivity contribution in [3.63, 3.8) is 0 Å². The van der Waals surface area contributed by atoms with Gasteiger partial charge in [-0.3, -0.25) is 0 Å². The fraction of sp³-hybridized carbons (Fsp3) is 0.500. The number of hydrogen-bond donors (Lipinski definition) is 1. The van der Waals surface area contributed by atoms with Gasteiger partial charge in [0, 0.05) is 13.1 Å². The van der Waals surface area contributed by atoms with Gasteiger partial charge in [0.15, 0.2) is 0 Å². The molecule has 0 saturated carbocycles. The predicted molar refractivity (Wildman–Crippen MR) is 74.4 cm³/mol. The normalized spacial score (nSPS) is 11.1. The Labute approximate surface area is 113 Å². The third-order valence-corrected chi connectivity index (χ3v) is 3.39. The lowest BCUT2D eigenvalue weighted by Gasteiger charge is -2.35. The number of ether oxygens (including phenoxy) is 2. The number of methoxy groups -OCH3 is 2. The highest BCUT2D eigenvalue weighted by Crippen LogP contribution is 2.38. The van der Waals surface area contributed by atoms with Crippen molar-refractivity contribution in [3.8, 4) is 11.5 Å². The van der Waals surface area contributed by atoms with Crippen LogP contribution in [0.1, 0.15) is 19.4 Å². The number of rotatable bonds is 5. The molecule has 106 valence electrons. The molecule has 0 saturated heterocycles. The first kappa shape index (κ1) is 15.1. The minimum atomic E-state index is -1.04. The summed E-state index contributed by atoms with van der Waals surface area (Å²) in [4.78, 5) is 13.1. The van der Waals surface area contributed by atoms with Gasteiger partial charge in [0.05, 0.1) is 19.9 Å². The molecule has 5 nitrogen and oxygen atoms in total. The predicted octanol–water partition coefficient (Wildman–Crippen LogP) is 2.31. The fourth-order valence-electron chi connectivity index (χ4n) is 1.84. The van der Waals surface area contributed by atoms with Gasteiger partial charge >= 0.3 is 5.97 Å². The van der Waals surface area contributed by atoms with Crippen LogP contribution in [-0.4, -0.2) is 37.9 Å². The van der Waals surface area contributed by atoms with Gasteiger partial charge < -0.3 is 19.5 Å². The highest BCUT2D eigenvalue weighted by atomic mass is 16.5. The average molecular weight is 267 g/mol. The molecular weight excluding hydrogens is 246 g/mol. The van der Waals surface area contributed by atoms with Gasteiger partial charge in [-0.1, -0.05) is 0 Å². The van der Waals surface area contributed by atoms with Gasteiger partial charge in [0.2, 0.25) is 0 Å². The maximum absolute atomic E-state index is 11.4. The molecule has 0 radical (unpaired) electrons. The van der Waals surface area contributed by atoms with Crippen molar-refractivity contribution < 1.29 is 19.4 Å². The molecule has 0 amide bonds. The molecule has 1 aromatic rings. The lowest BCUT2D eigenvalue weighted by Crippen LogP contribution is -2.48. The molecule has 0 bridgehead atoms. The van der Waals surface area contributed by atoms with Crippen LogP contribution in [-0.2, 0) is 4.79 Å². The fourth-order valence-corrected chi connectivity index (χ4v) is 1.84. The first-order chi connectivity index (χ1) is 8.75. The van der Waals surface area contributed by atoms with Crippen molar-refractivity contribution in [1.82, 2.24) is 0 Å². The summed E-state index contributed by atoms with van der Waals surface area (Å²) in [6.07, 6.45) is 0. The number of nitrogens with zero attached hydrogens (tertiary/aromatic N) is 1. The highest BCUT2D eigenvalue weighted by molar-refractivity contribution is 5.84. The largest absolute Gasteiger partial charge is 0.497 e. The van der Waals surface area contributed by atoms with Gasteiger partial charge in [-0.25, -0.2) is 4.79 Å². The molecule has 1 aromatic carbocycles. The summed E-state index contributed by atoms with van der Waals surface area (Å²) in [5, 5.41) is 9.32. The van der Waals surface area contributed by atoms with Gasteiger partial charge in [-0.15, -0.1) is 0 Å². The Kier molecular flexibility index (Phi) is 4.29. The number of aliphatic carboxylic acids is 1. The van der Waals surface area contributed by atoms with E-state index in [-0.39, 0.29) is 0 Å². The standard InChI is InChI=1S/C14H21NO4/c1-9-7-10(18-5)8-11(19-6)12(9)15(4)14(2,3)13(16)17/h7-8H,1-6H3,(H,16,17). The molecular formula is C14H21NO4. The molecule has 0 aliphatic heterocycles. The number of carboxylic acids is 1. The van der Waals surface area contributed by atoms with Crippen LogP contribution in [0.2, 0.25) is 0 Å². The van der Waals surface area contributed by atoms with Crippen molar-refractivity contribution in [2.45, 2.75) is 26.3 Å². The summed E-state index contributed by atoms with van der Waals surface area (Å²) in [7, 11) is 4.88. The molecule has 0 atom stereocenters. The number of anilines is 1. The number of hydrogen-bond acceptors (Lipinski definition) is 4. The zero-order valence-electron chi connectivity index (χ0n) is 12.3. The first-order valence-corrected chi connectivity index (χ1v) is 5.95. The summed E-state index contributed by atoms with van der Waals surface area (Å²) in [6.45, 7) is 5.20. The third-order valence-electron chi connectivity index (χ3n) is 3.39. The lowest BCUT2D eigenvalue weighted by atomic mass is 10.0. The van der Waals surface area contributed by atoms with E-state index in [0.717, 1.165) is 11.3 Å². The minimum Gasteiger partial charge on any atom is -0.497 e. The smallest absolute Gasteiger partial charge is 0.328 e. The van der Waals surface area contributed by atoms with Crippen molar-refractivity contribution in [2.75, 3.05) is 26.2 Å². The molecule has 1 N–H and O–H groups in total. The molecule has 0 aliphatic carbocycles. The molecule has 0 aromatic heterocycles. The highest BCUT2D eigenvalue weighted by Gasteiger charge is 2.34. The summed E-state index contributed by atoms with van der Waals surface area (Å²) >= 11 is 0. The van der Waals surface area contributed by atoms with Crippen LogP contribution < -0.4 is 14.4 Å². The molecule has 0 spiro atoms. The van der Waals surface area contributed by atoms with Gasteiger partial charge in [0.25, 0.3) is 0 Å². The second-order valence-electron chi connectivity index (χ2n) is 4.92. The summed E-state index contributed by atoms with van der Waals surface area (Å²) in [5.41, 5.74) is 0.607. The maximum Gasteiger partial charge on any atom is 0.328 e. The van der Waals surface area contributed by atoms with Crippen LogP contribution in [0.15, 0.2) is 12.1 Å². The summed E-state index contributed by atoms with van der Waals surface area (Å²) in [5.74, 6) is 0.376. The zero-order chi connectivity index (χ0) is 14.8. The second kappa shape index (κ2) is 5.38. The maximum atomic E-state index is 11.4. The van der Waals surface area contributed by atoms with Gasteiger partial charge in [-0.2, -0.15) is 0 Å². The number of likely N-dealkylation sites (N-methyl/N-ethyl adjacent to an activating group) is 1. The van der Waals surface area contributed by atoms with Crippen LogP contribution in [0, 0.1) is 6.92 Å². The molecule has 0 heterocycles. The SMILES string of the molecule is COc1cc(C)c(N(C)C(C)(C)C(=O)O)c(OC)c1. The monoisotopic (exact) mass is 267 g/mol. The quantitative estimate of drug-likeness (QED) is 0.887. The summed E-state index contributed by atoms with van der Waals surface area (Å²) in [6, 6.07) is 3.60. The van der Waals surface area contributed by atoms with E-state index < -0.39 is 11.5 Å². The molecule has 0 unspecified atom stereocenters. The molecule has 5 heteroatoms. The van der Waals surface area contributed by atoms with Crippen molar-refractivity contribution >= 4 is 11.7 Å². The van der Waals surface area contributed by atoms with E-state index in [0.29, 0.717) is 11.5 Å². The Morgan fingerprint density at radius 3 is 2.26 bits per heavy atom. The Hall–Kier alpha value is -1.91. The van der Waals surface area contributed by atoms with Crippen molar-refractivity contribution in [3.05, 3.63) is 17.7 Å². The van der Waals surface area contributed by atoms with Crippen LogP contribution in [0.4, 0.5) is 5.69 Å².